The summed E-state index contributed by atoms with van der Waals surface area (Å²) < 4.78 is 8.66. The third-order valence-corrected chi connectivity index (χ3v) is 5.28. The van der Waals surface area contributed by atoms with E-state index in [1.54, 1.807) is 12.3 Å². The quantitative estimate of drug-likeness (QED) is 0.686. The molecule has 2 aromatic rings. The summed E-state index contributed by atoms with van der Waals surface area (Å²) in [4.78, 5) is 16.3. The highest BCUT2D eigenvalue weighted by molar-refractivity contribution is 9.10. The summed E-state index contributed by atoms with van der Waals surface area (Å²) in [5, 5.41) is 12.0. The standard InChI is InChI=1S/C16H20BrN5O2S/c1-2-14-20-21-16(22(14)9-12-4-3-7-24-12)25-10-15(23)19-13-6-5-11(17)8-18-13/h5-6,8,12H,2-4,7,9-10H2,1H3,(H,18,19,23). The van der Waals surface area contributed by atoms with Gasteiger partial charge in [0.05, 0.1) is 18.4 Å². The Morgan fingerprint density at radius 2 is 2.36 bits per heavy atom. The third kappa shape index (κ3) is 5.02. The zero-order valence-electron chi connectivity index (χ0n) is 13.9. The summed E-state index contributed by atoms with van der Waals surface area (Å²) in [6, 6.07) is 3.59. The predicted octanol–water partition coefficient (Wildman–Crippen LogP) is 2.91. The van der Waals surface area contributed by atoms with Crippen LogP contribution in [0.2, 0.25) is 0 Å². The van der Waals surface area contributed by atoms with Crippen molar-refractivity contribution in [2.45, 2.75) is 44.0 Å². The topological polar surface area (TPSA) is 81.9 Å². The zero-order chi connectivity index (χ0) is 17.6. The third-order valence-electron chi connectivity index (χ3n) is 3.85. The van der Waals surface area contributed by atoms with Gasteiger partial charge in [-0.1, -0.05) is 18.7 Å². The summed E-state index contributed by atoms with van der Waals surface area (Å²) in [6.45, 7) is 3.62. The molecule has 0 aromatic carbocycles. The van der Waals surface area contributed by atoms with Crippen molar-refractivity contribution in [1.29, 1.82) is 0 Å². The molecule has 0 radical (unpaired) electrons. The van der Waals surface area contributed by atoms with Crippen molar-refractivity contribution >= 4 is 39.4 Å². The van der Waals surface area contributed by atoms with Gasteiger partial charge < -0.3 is 14.6 Å². The minimum absolute atomic E-state index is 0.121. The number of hydrogen-bond donors (Lipinski definition) is 1. The maximum Gasteiger partial charge on any atom is 0.236 e. The number of nitrogens with zero attached hydrogens (tertiary/aromatic N) is 4. The molecule has 1 saturated heterocycles. The highest BCUT2D eigenvalue weighted by Gasteiger charge is 2.21. The smallest absolute Gasteiger partial charge is 0.236 e. The minimum atomic E-state index is -0.121. The van der Waals surface area contributed by atoms with E-state index in [2.05, 4.69) is 47.9 Å². The largest absolute Gasteiger partial charge is 0.376 e. The molecule has 1 amide bonds. The van der Waals surface area contributed by atoms with Crippen LogP contribution in [0.25, 0.3) is 0 Å². The number of thioether (sulfide) groups is 1. The number of pyridine rings is 1. The molecule has 0 aliphatic carbocycles. The second-order valence-electron chi connectivity index (χ2n) is 5.70. The molecule has 3 rings (SSSR count). The second-order valence-corrected chi connectivity index (χ2v) is 7.55. The first-order chi connectivity index (χ1) is 12.2. The lowest BCUT2D eigenvalue weighted by Gasteiger charge is -2.14. The monoisotopic (exact) mass is 425 g/mol. The first kappa shape index (κ1) is 18.3. The van der Waals surface area contributed by atoms with E-state index >= 15 is 0 Å². The molecule has 9 heteroatoms. The fourth-order valence-electron chi connectivity index (χ4n) is 2.62. The molecule has 0 saturated carbocycles. The van der Waals surface area contributed by atoms with Crippen molar-refractivity contribution in [3.05, 3.63) is 28.6 Å². The number of hydrogen-bond acceptors (Lipinski definition) is 6. The number of aryl methyl sites for hydroxylation is 1. The van der Waals surface area contributed by atoms with Crippen LogP contribution in [0.1, 0.15) is 25.6 Å². The van der Waals surface area contributed by atoms with Crippen molar-refractivity contribution in [1.82, 2.24) is 19.7 Å². The Kier molecular flexibility index (Phi) is 6.44. The van der Waals surface area contributed by atoms with Crippen LogP contribution in [0, 0.1) is 0 Å². The molecule has 2 aromatic heterocycles. The average molecular weight is 426 g/mol. The number of aromatic nitrogens is 4. The molecule has 1 fully saturated rings. The van der Waals surface area contributed by atoms with Gasteiger partial charge in [-0.2, -0.15) is 0 Å². The highest BCUT2D eigenvalue weighted by atomic mass is 79.9. The Morgan fingerprint density at radius 1 is 1.48 bits per heavy atom. The summed E-state index contributed by atoms with van der Waals surface area (Å²) in [7, 11) is 0. The van der Waals surface area contributed by atoms with Crippen LogP contribution in [0.4, 0.5) is 5.82 Å². The van der Waals surface area contributed by atoms with Crippen molar-refractivity contribution in [3.63, 3.8) is 0 Å². The molecule has 25 heavy (non-hydrogen) atoms. The van der Waals surface area contributed by atoms with E-state index in [0.29, 0.717) is 5.82 Å². The van der Waals surface area contributed by atoms with E-state index in [1.165, 1.54) is 11.8 Å². The first-order valence-corrected chi connectivity index (χ1v) is 10.0. The van der Waals surface area contributed by atoms with Crippen molar-refractivity contribution in [2.75, 3.05) is 17.7 Å². The summed E-state index contributed by atoms with van der Waals surface area (Å²) in [6.07, 6.45) is 4.81. The van der Waals surface area contributed by atoms with Gasteiger partial charge in [0.1, 0.15) is 11.6 Å². The van der Waals surface area contributed by atoms with Crippen LogP contribution in [0.3, 0.4) is 0 Å². The van der Waals surface area contributed by atoms with E-state index in [4.69, 9.17) is 4.74 Å². The van der Waals surface area contributed by atoms with Gasteiger partial charge in [-0.05, 0) is 40.9 Å². The molecule has 134 valence electrons. The van der Waals surface area contributed by atoms with Crippen LogP contribution in [-0.2, 0) is 22.5 Å². The Hall–Kier alpha value is -1.45. The van der Waals surface area contributed by atoms with Gasteiger partial charge in [-0.25, -0.2) is 4.98 Å². The molecule has 1 aliphatic heterocycles. The molecular weight excluding hydrogens is 406 g/mol. The normalized spacial score (nSPS) is 17.0. The highest BCUT2D eigenvalue weighted by Crippen LogP contribution is 2.22. The van der Waals surface area contributed by atoms with Gasteiger partial charge >= 0.3 is 0 Å². The van der Waals surface area contributed by atoms with Crippen molar-refractivity contribution in [2.24, 2.45) is 0 Å². The SMILES string of the molecule is CCc1nnc(SCC(=O)Nc2ccc(Br)cn2)n1CC1CCCO1. The lowest BCUT2D eigenvalue weighted by molar-refractivity contribution is -0.113. The maximum absolute atomic E-state index is 12.1. The zero-order valence-corrected chi connectivity index (χ0v) is 16.3. The lowest BCUT2D eigenvalue weighted by atomic mass is 10.2. The number of rotatable bonds is 7. The van der Waals surface area contributed by atoms with Crippen LogP contribution >= 0.6 is 27.7 Å². The summed E-state index contributed by atoms with van der Waals surface area (Å²) in [5.41, 5.74) is 0. The molecular formula is C16H20BrN5O2S. The molecule has 1 unspecified atom stereocenters. The van der Waals surface area contributed by atoms with Gasteiger partial charge in [0.15, 0.2) is 5.16 Å². The number of carbonyl (C=O) groups excluding carboxylic acids is 1. The minimum Gasteiger partial charge on any atom is -0.376 e. The number of nitrogens with one attached hydrogen (secondary N) is 1. The van der Waals surface area contributed by atoms with Gasteiger partial charge in [0.2, 0.25) is 5.91 Å². The van der Waals surface area contributed by atoms with E-state index in [1.807, 2.05) is 6.07 Å². The second kappa shape index (κ2) is 8.77. The van der Waals surface area contributed by atoms with E-state index in [9.17, 15) is 4.79 Å². The number of anilines is 1. The van der Waals surface area contributed by atoms with E-state index in [-0.39, 0.29) is 17.8 Å². The van der Waals surface area contributed by atoms with Gasteiger partial charge in [-0.3, -0.25) is 4.79 Å². The molecule has 1 atom stereocenters. The van der Waals surface area contributed by atoms with Crippen LogP contribution < -0.4 is 5.32 Å². The Morgan fingerprint density at radius 3 is 3.04 bits per heavy atom. The lowest BCUT2D eigenvalue weighted by Crippen LogP contribution is -2.19. The van der Waals surface area contributed by atoms with Gasteiger partial charge in [0, 0.05) is 23.7 Å². The van der Waals surface area contributed by atoms with Gasteiger partial charge in [-0.15, -0.1) is 10.2 Å². The van der Waals surface area contributed by atoms with Crippen molar-refractivity contribution < 1.29 is 9.53 Å². The Bertz CT molecular complexity index is 716. The first-order valence-electron chi connectivity index (χ1n) is 8.23. The average Bonchev–Trinajstić information content (AvgIpc) is 3.25. The molecule has 0 bridgehead atoms. The summed E-state index contributed by atoms with van der Waals surface area (Å²) in [5.74, 6) is 1.59. The Labute approximate surface area is 159 Å². The number of halogens is 1. The summed E-state index contributed by atoms with van der Waals surface area (Å²) >= 11 is 4.70. The van der Waals surface area contributed by atoms with Crippen LogP contribution in [0.15, 0.2) is 28.0 Å². The number of carbonyl (C=O) groups is 1. The van der Waals surface area contributed by atoms with Crippen LogP contribution in [-0.4, -0.2) is 44.1 Å². The molecule has 1 N–H and O–H groups in total. The molecule has 7 nitrogen and oxygen atoms in total. The fourth-order valence-corrected chi connectivity index (χ4v) is 3.62. The van der Waals surface area contributed by atoms with E-state index < -0.39 is 0 Å². The number of amides is 1. The number of ether oxygens (including phenoxy) is 1. The van der Waals surface area contributed by atoms with Crippen molar-refractivity contribution in [3.8, 4) is 0 Å². The van der Waals surface area contributed by atoms with E-state index in [0.717, 1.165) is 47.9 Å². The molecule has 3 heterocycles. The fraction of sp³-hybridized carbons (Fsp3) is 0.500. The molecule has 1 aliphatic rings. The predicted molar refractivity (Wildman–Crippen MR) is 99.7 cm³/mol. The maximum atomic E-state index is 12.1. The Balaban J connectivity index is 1.59. The van der Waals surface area contributed by atoms with Gasteiger partial charge in [0.25, 0.3) is 0 Å². The van der Waals surface area contributed by atoms with Crippen LogP contribution in [0.5, 0.6) is 0 Å². The molecule has 0 spiro atoms.